The third-order valence-electron chi connectivity index (χ3n) is 3.38. The second-order valence-corrected chi connectivity index (χ2v) is 5.87. The number of anilines is 1. The van der Waals surface area contributed by atoms with Gasteiger partial charge in [0, 0.05) is 10.7 Å². The van der Waals surface area contributed by atoms with Crippen molar-refractivity contribution in [1.29, 1.82) is 0 Å². The molecule has 0 aliphatic carbocycles. The predicted octanol–water partition coefficient (Wildman–Crippen LogP) is 4.67. The van der Waals surface area contributed by atoms with Crippen LogP contribution >= 0.6 is 11.6 Å². The van der Waals surface area contributed by atoms with Gasteiger partial charge in [-0.25, -0.2) is 0 Å². The molecule has 0 aliphatic rings. The smallest absolute Gasteiger partial charge is 0.265 e. The molecule has 0 saturated heterocycles. The lowest BCUT2D eigenvalue weighted by Crippen LogP contribution is -2.30. The van der Waals surface area contributed by atoms with Crippen molar-refractivity contribution < 1.29 is 9.53 Å². The summed E-state index contributed by atoms with van der Waals surface area (Å²) in [6, 6.07) is 11.3. The topological polar surface area (TPSA) is 38.3 Å². The van der Waals surface area contributed by atoms with E-state index in [1.807, 2.05) is 57.2 Å². The van der Waals surface area contributed by atoms with Gasteiger partial charge in [-0.05, 0) is 68.7 Å². The summed E-state index contributed by atoms with van der Waals surface area (Å²) in [5.74, 6) is 0.460. The van der Waals surface area contributed by atoms with Gasteiger partial charge in [0.2, 0.25) is 0 Å². The van der Waals surface area contributed by atoms with Gasteiger partial charge in [-0.3, -0.25) is 4.79 Å². The second kappa shape index (κ2) is 6.84. The molecule has 0 aromatic heterocycles. The van der Waals surface area contributed by atoms with Crippen molar-refractivity contribution in [3.05, 3.63) is 58.1 Å². The maximum atomic E-state index is 12.2. The van der Waals surface area contributed by atoms with Gasteiger partial charge in [-0.15, -0.1) is 0 Å². The van der Waals surface area contributed by atoms with Gasteiger partial charge in [0.25, 0.3) is 5.91 Å². The summed E-state index contributed by atoms with van der Waals surface area (Å²) in [5.41, 5.74) is 3.73. The molecular weight excluding hydrogens is 298 g/mol. The summed E-state index contributed by atoms with van der Waals surface area (Å²) in [6.07, 6.45) is -0.597. The summed E-state index contributed by atoms with van der Waals surface area (Å²) in [7, 11) is 0. The number of rotatable bonds is 4. The number of benzene rings is 2. The van der Waals surface area contributed by atoms with Crippen LogP contribution in [0.2, 0.25) is 5.02 Å². The minimum atomic E-state index is -0.597. The van der Waals surface area contributed by atoms with E-state index >= 15 is 0 Å². The van der Waals surface area contributed by atoms with Crippen LogP contribution in [-0.4, -0.2) is 12.0 Å². The van der Waals surface area contributed by atoms with Crippen molar-refractivity contribution in [2.45, 2.75) is 33.8 Å². The van der Waals surface area contributed by atoms with Gasteiger partial charge in [0.1, 0.15) is 5.75 Å². The van der Waals surface area contributed by atoms with Crippen molar-refractivity contribution in [3.63, 3.8) is 0 Å². The number of halogens is 1. The maximum Gasteiger partial charge on any atom is 0.265 e. The Balaban J connectivity index is 2.05. The van der Waals surface area contributed by atoms with Crippen LogP contribution < -0.4 is 10.1 Å². The number of carbonyl (C=O) groups is 1. The Morgan fingerprint density at radius 1 is 1.14 bits per heavy atom. The van der Waals surface area contributed by atoms with E-state index in [4.69, 9.17) is 16.3 Å². The zero-order chi connectivity index (χ0) is 16.3. The Hall–Kier alpha value is -2.00. The van der Waals surface area contributed by atoms with Crippen LogP contribution in [0.4, 0.5) is 5.69 Å². The number of hydrogen-bond donors (Lipinski definition) is 1. The van der Waals surface area contributed by atoms with Gasteiger partial charge >= 0.3 is 0 Å². The zero-order valence-corrected chi connectivity index (χ0v) is 14.0. The molecule has 2 rings (SSSR count). The molecule has 0 saturated carbocycles. The Morgan fingerprint density at radius 3 is 2.36 bits per heavy atom. The molecule has 0 aliphatic heterocycles. The van der Waals surface area contributed by atoms with Gasteiger partial charge in [0.05, 0.1) is 0 Å². The average Bonchev–Trinajstić information content (AvgIpc) is 2.44. The Kier molecular flexibility index (Phi) is 5.09. The lowest BCUT2D eigenvalue weighted by Gasteiger charge is -2.16. The average molecular weight is 318 g/mol. The first-order valence-electron chi connectivity index (χ1n) is 7.18. The van der Waals surface area contributed by atoms with Crippen molar-refractivity contribution in [2.24, 2.45) is 0 Å². The van der Waals surface area contributed by atoms with Crippen molar-refractivity contribution in [2.75, 3.05) is 5.32 Å². The summed E-state index contributed by atoms with van der Waals surface area (Å²) >= 11 is 6.14. The fraction of sp³-hybridized carbons (Fsp3) is 0.278. The molecule has 22 heavy (non-hydrogen) atoms. The summed E-state index contributed by atoms with van der Waals surface area (Å²) in [5, 5.41) is 3.58. The normalized spacial score (nSPS) is 11.9. The van der Waals surface area contributed by atoms with Crippen molar-refractivity contribution in [3.8, 4) is 5.75 Å². The number of hydrogen-bond acceptors (Lipinski definition) is 2. The van der Waals surface area contributed by atoms with Crippen LogP contribution in [0.25, 0.3) is 0 Å². The number of carbonyl (C=O) groups excluding carboxylic acids is 1. The van der Waals surface area contributed by atoms with Gasteiger partial charge in [-0.2, -0.15) is 0 Å². The highest BCUT2D eigenvalue weighted by atomic mass is 35.5. The highest BCUT2D eigenvalue weighted by Gasteiger charge is 2.16. The fourth-order valence-electron chi connectivity index (χ4n) is 2.20. The molecule has 3 nitrogen and oxygen atoms in total. The number of amides is 1. The largest absolute Gasteiger partial charge is 0.481 e. The Bertz CT molecular complexity index is 674. The van der Waals surface area contributed by atoms with Crippen LogP contribution in [-0.2, 0) is 4.79 Å². The maximum absolute atomic E-state index is 12.2. The molecular formula is C18H20ClNO2. The first-order chi connectivity index (χ1) is 10.4. The molecule has 116 valence electrons. The van der Waals surface area contributed by atoms with Crippen LogP contribution in [0.3, 0.4) is 0 Å². The lowest BCUT2D eigenvalue weighted by atomic mass is 10.1. The molecule has 1 unspecified atom stereocenters. The summed E-state index contributed by atoms with van der Waals surface area (Å²) < 4.78 is 5.72. The first-order valence-corrected chi connectivity index (χ1v) is 7.55. The van der Waals surface area contributed by atoms with E-state index in [0.717, 1.165) is 27.4 Å². The molecule has 4 heteroatoms. The molecule has 1 N–H and O–H groups in total. The highest BCUT2D eigenvalue weighted by Crippen LogP contribution is 2.26. The minimum absolute atomic E-state index is 0.184. The number of nitrogens with one attached hydrogen (secondary N) is 1. The number of aryl methyl sites for hydroxylation is 3. The predicted molar refractivity (Wildman–Crippen MR) is 90.8 cm³/mol. The zero-order valence-electron chi connectivity index (χ0n) is 13.2. The van der Waals surface area contributed by atoms with E-state index in [9.17, 15) is 4.79 Å². The van der Waals surface area contributed by atoms with Gasteiger partial charge in [-0.1, -0.05) is 23.7 Å². The fourth-order valence-corrected chi connectivity index (χ4v) is 2.31. The Labute approximate surface area is 136 Å². The van der Waals surface area contributed by atoms with Crippen molar-refractivity contribution in [1.82, 2.24) is 0 Å². The molecule has 2 aromatic carbocycles. The van der Waals surface area contributed by atoms with E-state index in [1.165, 1.54) is 0 Å². The van der Waals surface area contributed by atoms with Crippen LogP contribution in [0.15, 0.2) is 36.4 Å². The molecule has 0 spiro atoms. The molecule has 0 fully saturated rings. The molecule has 1 atom stereocenters. The van der Waals surface area contributed by atoms with Crippen LogP contribution in [0.1, 0.15) is 23.6 Å². The molecule has 1 amide bonds. The van der Waals surface area contributed by atoms with E-state index in [1.54, 1.807) is 6.92 Å². The van der Waals surface area contributed by atoms with E-state index in [-0.39, 0.29) is 5.91 Å². The molecule has 0 radical (unpaired) electrons. The van der Waals surface area contributed by atoms with E-state index in [0.29, 0.717) is 5.75 Å². The first kappa shape index (κ1) is 16.4. The van der Waals surface area contributed by atoms with Gasteiger partial charge in [0.15, 0.2) is 6.10 Å². The molecule has 2 aromatic rings. The summed E-state index contributed by atoms with van der Waals surface area (Å²) in [6.45, 7) is 7.54. The van der Waals surface area contributed by atoms with E-state index < -0.39 is 6.10 Å². The quantitative estimate of drug-likeness (QED) is 0.889. The third kappa shape index (κ3) is 4.01. The standard InChI is InChI=1S/C18H20ClNO2/c1-11-6-5-7-15(8-11)20-18(21)14(4)22-16-9-12(2)17(19)13(3)10-16/h5-10,14H,1-4H3,(H,20,21). The minimum Gasteiger partial charge on any atom is -0.481 e. The van der Waals surface area contributed by atoms with Crippen molar-refractivity contribution >= 4 is 23.2 Å². The second-order valence-electron chi connectivity index (χ2n) is 5.49. The van der Waals surface area contributed by atoms with Crippen LogP contribution in [0.5, 0.6) is 5.75 Å². The third-order valence-corrected chi connectivity index (χ3v) is 3.97. The lowest BCUT2D eigenvalue weighted by molar-refractivity contribution is -0.122. The SMILES string of the molecule is Cc1cccc(NC(=O)C(C)Oc2cc(C)c(Cl)c(C)c2)c1. The van der Waals surface area contributed by atoms with Gasteiger partial charge < -0.3 is 10.1 Å². The summed E-state index contributed by atoms with van der Waals surface area (Å²) in [4.78, 5) is 12.2. The highest BCUT2D eigenvalue weighted by molar-refractivity contribution is 6.32. The molecule has 0 bridgehead atoms. The molecule has 0 heterocycles. The van der Waals surface area contributed by atoms with E-state index in [2.05, 4.69) is 5.32 Å². The number of ether oxygens (including phenoxy) is 1. The Morgan fingerprint density at radius 2 is 1.77 bits per heavy atom. The van der Waals surface area contributed by atoms with Crippen LogP contribution in [0, 0.1) is 20.8 Å². The monoisotopic (exact) mass is 317 g/mol.